The first-order valence-electron chi connectivity index (χ1n) is 20.2. The van der Waals surface area contributed by atoms with Crippen LogP contribution in [0, 0.1) is 6.92 Å². The van der Waals surface area contributed by atoms with Crippen molar-refractivity contribution >= 4 is 84.9 Å². The van der Waals surface area contributed by atoms with E-state index in [2.05, 4.69) is 181 Å². The third kappa shape index (κ3) is 10.5. The number of aliphatic hydroxyl groups is 1. The molecule has 330 valence electrons. The molecule has 0 saturated carbocycles. The molecule has 0 fully saturated rings. The normalized spacial score (nSPS) is 11.8. The second-order valence-corrected chi connectivity index (χ2v) is 18.4. The molecule has 2 N–H and O–H groups in total. The SMILES string of the molecule is COS(C)(=O)=O.Cc1cccc(-c2ccc3c4ccccc4c4ccccc4c3c2)c1.O=S(=O)(O)C(F)(F)F.OCc1cccc(-c2ccc3c4ccccc4c4ccccc4c3c2)c1. The molecule has 10 rings (SSSR count). The van der Waals surface area contributed by atoms with Crippen LogP contribution in [0.2, 0.25) is 0 Å². The fourth-order valence-electron chi connectivity index (χ4n) is 7.85. The van der Waals surface area contributed by atoms with Crippen LogP contribution in [0.1, 0.15) is 11.1 Å². The van der Waals surface area contributed by atoms with Gasteiger partial charge in [0.1, 0.15) is 0 Å². The average molecular weight is 913 g/mol. The maximum absolute atomic E-state index is 10.7. The zero-order valence-electron chi connectivity index (χ0n) is 35.4. The number of rotatable bonds is 4. The lowest BCUT2D eigenvalue weighted by molar-refractivity contribution is -0.0510. The molecule has 10 aromatic rings. The van der Waals surface area contributed by atoms with Gasteiger partial charge in [-0.3, -0.25) is 8.74 Å². The van der Waals surface area contributed by atoms with Gasteiger partial charge in [-0.05, 0) is 118 Å². The van der Waals surface area contributed by atoms with E-state index in [1.165, 1.54) is 86.9 Å². The molecule has 7 nitrogen and oxygen atoms in total. The van der Waals surface area contributed by atoms with E-state index in [9.17, 15) is 26.7 Å². The molecule has 12 heteroatoms. The van der Waals surface area contributed by atoms with E-state index in [1.807, 2.05) is 12.1 Å². The number of alkyl halides is 3. The number of fused-ring (bicyclic) bond motifs is 12. The summed E-state index contributed by atoms with van der Waals surface area (Å²) in [5.41, 5.74) is 1.55. The van der Waals surface area contributed by atoms with Gasteiger partial charge in [-0.1, -0.05) is 169 Å². The van der Waals surface area contributed by atoms with Gasteiger partial charge in [-0.2, -0.15) is 30.0 Å². The van der Waals surface area contributed by atoms with Crippen molar-refractivity contribution in [3.63, 3.8) is 0 Å². The molecule has 0 saturated heterocycles. The van der Waals surface area contributed by atoms with E-state index < -0.39 is 25.7 Å². The van der Waals surface area contributed by atoms with E-state index in [-0.39, 0.29) is 6.61 Å². The van der Waals surface area contributed by atoms with Gasteiger partial charge >= 0.3 is 15.6 Å². The Morgan fingerprint density at radius 3 is 1.05 bits per heavy atom. The molecule has 0 radical (unpaired) electrons. The predicted molar refractivity (Wildman–Crippen MR) is 259 cm³/mol. The summed E-state index contributed by atoms with van der Waals surface area (Å²) >= 11 is 0. The molecule has 0 aromatic heterocycles. The molecule has 10 aromatic carbocycles. The first-order chi connectivity index (χ1) is 31.0. The summed E-state index contributed by atoms with van der Waals surface area (Å²) in [5, 5.41) is 25.1. The molecule has 0 heterocycles. The summed E-state index contributed by atoms with van der Waals surface area (Å²) in [6.07, 6.45) is 0.993. The van der Waals surface area contributed by atoms with Crippen LogP contribution in [0.15, 0.2) is 182 Å². The lowest BCUT2D eigenvalue weighted by Crippen LogP contribution is -2.21. The Kier molecular flexibility index (Phi) is 13.7. The Bertz CT molecular complexity index is 3520. The highest BCUT2D eigenvalue weighted by Gasteiger charge is 2.44. The minimum atomic E-state index is -5.84. The minimum Gasteiger partial charge on any atom is -0.392 e. The molecular formula is C53H43F3O7S2. The Morgan fingerprint density at radius 2 is 0.738 bits per heavy atom. The highest BCUT2D eigenvalue weighted by molar-refractivity contribution is 7.86. The molecular weight excluding hydrogens is 870 g/mol. The van der Waals surface area contributed by atoms with Gasteiger partial charge in [0.05, 0.1) is 20.0 Å². The molecule has 0 aliphatic heterocycles. The quantitative estimate of drug-likeness (QED) is 0.0781. The van der Waals surface area contributed by atoms with Crippen LogP contribution in [0.25, 0.3) is 86.9 Å². The highest BCUT2D eigenvalue weighted by atomic mass is 32.2. The molecule has 65 heavy (non-hydrogen) atoms. The Morgan fingerprint density at radius 1 is 0.446 bits per heavy atom. The van der Waals surface area contributed by atoms with Crippen LogP contribution in [0.4, 0.5) is 13.2 Å². The predicted octanol–water partition coefficient (Wildman–Crippen LogP) is 13.4. The monoisotopic (exact) mass is 912 g/mol. The lowest BCUT2D eigenvalue weighted by atomic mass is 9.92. The van der Waals surface area contributed by atoms with E-state index in [0.29, 0.717) is 0 Å². The standard InChI is InChI=1S/C25H18O.C25H18.C2H6O3S.CHF3O3S/c26-16-17-6-5-7-18(14-17)19-12-13-24-22-10-2-1-8-20(22)21-9-3-4-11-23(21)25(24)15-19;1-17-7-6-8-18(15-17)19-13-14-24-22-11-3-2-9-20(22)21-10-4-5-12-23(21)25(24)16-19;1-5-6(2,3)4;2-1(3,4)8(5,6)7/h1-15,26H,16H2;2-16H,1H3;1-2H3;(H,5,6,7). The summed E-state index contributed by atoms with van der Waals surface area (Å²) in [4.78, 5) is 0. The summed E-state index contributed by atoms with van der Waals surface area (Å²) < 4.78 is 81.0. The fourth-order valence-corrected chi connectivity index (χ4v) is 7.85. The van der Waals surface area contributed by atoms with Crippen molar-refractivity contribution < 1.29 is 43.8 Å². The first kappa shape index (κ1) is 46.3. The van der Waals surface area contributed by atoms with Crippen LogP contribution in [-0.2, 0) is 31.0 Å². The second kappa shape index (κ2) is 19.2. The topological polar surface area (TPSA) is 118 Å². The molecule has 0 bridgehead atoms. The summed E-state index contributed by atoms with van der Waals surface area (Å²) in [5.74, 6) is 0. The molecule has 0 amide bonds. The first-order valence-corrected chi connectivity index (χ1v) is 23.5. The summed E-state index contributed by atoms with van der Waals surface area (Å²) in [7, 11) is -7.88. The number of halogens is 3. The van der Waals surface area contributed by atoms with Crippen LogP contribution < -0.4 is 0 Å². The van der Waals surface area contributed by atoms with Gasteiger partial charge in [-0.15, -0.1) is 0 Å². The molecule has 0 atom stereocenters. The maximum atomic E-state index is 10.7. The van der Waals surface area contributed by atoms with Crippen molar-refractivity contribution in [2.24, 2.45) is 0 Å². The van der Waals surface area contributed by atoms with Crippen molar-refractivity contribution in [3.8, 4) is 22.3 Å². The number of hydrogen-bond acceptors (Lipinski definition) is 6. The zero-order chi connectivity index (χ0) is 46.5. The smallest absolute Gasteiger partial charge is 0.392 e. The summed E-state index contributed by atoms with van der Waals surface area (Å²) in [6.45, 7) is 2.21. The highest BCUT2D eigenvalue weighted by Crippen LogP contribution is 2.39. The van der Waals surface area contributed by atoms with Gasteiger partial charge < -0.3 is 5.11 Å². The zero-order valence-corrected chi connectivity index (χ0v) is 37.0. The summed E-state index contributed by atoms with van der Waals surface area (Å²) in [6, 6.07) is 65.1. The van der Waals surface area contributed by atoms with E-state index in [0.717, 1.165) is 24.5 Å². The van der Waals surface area contributed by atoms with Crippen molar-refractivity contribution in [2.45, 2.75) is 19.0 Å². The Labute approximate surface area is 374 Å². The van der Waals surface area contributed by atoms with Crippen LogP contribution in [0.3, 0.4) is 0 Å². The second-order valence-electron chi connectivity index (χ2n) is 15.2. The number of hydrogen-bond donors (Lipinski definition) is 2. The van der Waals surface area contributed by atoms with Gasteiger partial charge in [0, 0.05) is 0 Å². The van der Waals surface area contributed by atoms with Gasteiger partial charge in [0.2, 0.25) is 0 Å². The Balaban J connectivity index is 0.000000151. The Hall–Kier alpha value is -6.67. The molecule has 0 spiro atoms. The third-order valence-electron chi connectivity index (χ3n) is 10.9. The number of aryl methyl sites for hydroxylation is 1. The largest absolute Gasteiger partial charge is 0.522 e. The third-order valence-corrected chi connectivity index (χ3v) is 12.1. The number of benzene rings is 10. The number of aliphatic hydroxyl groups excluding tert-OH is 1. The lowest BCUT2D eigenvalue weighted by Gasteiger charge is -2.12. The van der Waals surface area contributed by atoms with Crippen molar-refractivity contribution in [3.05, 3.63) is 193 Å². The molecule has 0 unspecified atom stereocenters. The minimum absolute atomic E-state index is 0.0645. The average Bonchev–Trinajstić information content (AvgIpc) is 3.31. The van der Waals surface area contributed by atoms with Crippen LogP contribution in [0.5, 0.6) is 0 Å². The van der Waals surface area contributed by atoms with E-state index in [4.69, 9.17) is 13.0 Å². The fraction of sp³-hybridized carbons (Fsp3) is 0.0943. The van der Waals surface area contributed by atoms with Gasteiger partial charge in [0.25, 0.3) is 10.1 Å². The molecule has 0 aliphatic carbocycles. The molecule has 0 aliphatic rings. The van der Waals surface area contributed by atoms with Gasteiger partial charge in [-0.25, -0.2) is 0 Å². The van der Waals surface area contributed by atoms with Gasteiger partial charge in [0.15, 0.2) is 0 Å². The van der Waals surface area contributed by atoms with Crippen molar-refractivity contribution in [2.75, 3.05) is 13.4 Å². The van der Waals surface area contributed by atoms with E-state index >= 15 is 0 Å². The van der Waals surface area contributed by atoms with Crippen LogP contribution >= 0.6 is 0 Å². The van der Waals surface area contributed by atoms with E-state index in [1.54, 1.807) is 0 Å². The van der Waals surface area contributed by atoms with Crippen LogP contribution in [-0.4, -0.2) is 45.4 Å². The van der Waals surface area contributed by atoms with Crippen molar-refractivity contribution in [1.29, 1.82) is 0 Å². The maximum Gasteiger partial charge on any atom is 0.522 e. The van der Waals surface area contributed by atoms with Crippen molar-refractivity contribution in [1.82, 2.24) is 0 Å².